The van der Waals surface area contributed by atoms with Gasteiger partial charge in [0.25, 0.3) is 0 Å². The van der Waals surface area contributed by atoms with E-state index in [0.29, 0.717) is 25.0 Å². The Labute approximate surface area is 127 Å². The van der Waals surface area contributed by atoms with Crippen LogP contribution in [0.25, 0.3) is 0 Å². The van der Waals surface area contributed by atoms with Crippen molar-refractivity contribution in [2.75, 3.05) is 13.1 Å². The Morgan fingerprint density at radius 3 is 2.57 bits per heavy atom. The van der Waals surface area contributed by atoms with Crippen LogP contribution in [0, 0.1) is 5.92 Å². The van der Waals surface area contributed by atoms with Crippen LogP contribution in [-0.2, 0) is 9.59 Å². The van der Waals surface area contributed by atoms with Gasteiger partial charge in [0.1, 0.15) is 0 Å². The Bertz CT molecular complexity index is 404. The zero-order valence-corrected chi connectivity index (χ0v) is 13.2. The maximum Gasteiger partial charge on any atom is 0.228 e. The Kier molecular flexibility index (Phi) is 4.51. The van der Waals surface area contributed by atoms with E-state index in [1.54, 1.807) is 0 Å². The molecule has 4 nitrogen and oxygen atoms in total. The van der Waals surface area contributed by atoms with Gasteiger partial charge in [0.05, 0.1) is 5.92 Å². The monoisotopic (exact) mass is 292 g/mol. The number of rotatable bonds is 3. The van der Waals surface area contributed by atoms with Crippen molar-refractivity contribution in [1.82, 2.24) is 9.80 Å². The van der Waals surface area contributed by atoms with E-state index >= 15 is 0 Å². The highest BCUT2D eigenvalue weighted by Crippen LogP contribution is 2.31. The predicted molar refractivity (Wildman–Crippen MR) is 81.7 cm³/mol. The van der Waals surface area contributed by atoms with Gasteiger partial charge < -0.3 is 9.80 Å². The Hall–Kier alpha value is -1.06. The van der Waals surface area contributed by atoms with Crippen LogP contribution in [0.4, 0.5) is 0 Å². The normalized spacial score (nSPS) is 31.2. The smallest absolute Gasteiger partial charge is 0.228 e. The summed E-state index contributed by atoms with van der Waals surface area (Å²) in [6.07, 6.45) is 9.71. The quantitative estimate of drug-likeness (QED) is 0.802. The highest BCUT2D eigenvalue weighted by molar-refractivity contribution is 5.89. The first-order chi connectivity index (χ1) is 10.2. The molecular weight excluding hydrogens is 264 g/mol. The number of likely N-dealkylation sites (tertiary alicyclic amines) is 2. The third-order valence-corrected chi connectivity index (χ3v) is 5.65. The first-order valence-corrected chi connectivity index (χ1v) is 8.80. The standard InChI is InChI=1S/C17H28N2O2/c1-2-14-7-5-6-10-18(14)17(21)13-11-16(20)19(12-13)15-8-3-4-9-15/h13-15H,2-12H2,1H3/t13-,14-/m0/s1. The molecule has 2 amide bonds. The van der Waals surface area contributed by atoms with Crippen molar-refractivity contribution < 1.29 is 9.59 Å². The van der Waals surface area contributed by atoms with Crippen LogP contribution in [-0.4, -0.2) is 46.8 Å². The van der Waals surface area contributed by atoms with Gasteiger partial charge in [0, 0.05) is 31.6 Å². The number of hydrogen-bond donors (Lipinski definition) is 0. The largest absolute Gasteiger partial charge is 0.339 e. The molecule has 0 N–H and O–H groups in total. The van der Waals surface area contributed by atoms with Gasteiger partial charge in [-0.25, -0.2) is 0 Å². The van der Waals surface area contributed by atoms with Crippen LogP contribution < -0.4 is 0 Å². The lowest BCUT2D eigenvalue weighted by molar-refractivity contribution is -0.139. The first-order valence-electron chi connectivity index (χ1n) is 8.80. The second-order valence-electron chi connectivity index (χ2n) is 6.97. The minimum absolute atomic E-state index is 0.0785. The summed E-state index contributed by atoms with van der Waals surface area (Å²) in [7, 11) is 0. The van der Waals surface area contributed by atoms with Gasteiger partial charge in [-0.05, 0) is 38.5 Å². The maximum atomic E-state index is 12.8. The fourth-order valence-corrected chi connectivity index (χ4v) is 4.42. The molecule has 118 valence electrons. The van der Waals surface area contributed by atoms with E-state index in [0.717, 1.165) is 38.6 Å². The molecule has 2 heterocycles. The fraction of sp³-hybridized carbons (Fsp3) is 0.882. The van der Waals surface area contributed by atoms with Crippen molar-refractivity contribution in [1.29, 1.82) is 0 Å². The van der Waals surface area contributed by atoms with Gasteiger partial charge >= 0.3 is 0 Å². The Morgan fingerprint density at radius 1 is 1.14 bits per heavy atom. The van der Waals surface area contributed by atoms with E-state index in [1.165, 1.54) is 19.3 Å². The molecule has 0 aromatic heterocycles. The average Bonchev–Trinajstić information content (AvgIpc) is 3.15. The van der Waals surface area contributed by atoms with Gasteiger partial charge in [0.2, 0.25) is 11.8 Å². The molecule has 21 heavy (non-hydrogen) atoms. The van der Waals surface area contributed by atoms with Crippen LogP contribution in [0.2, 0.25) is 0 Å². The molecule has 0 bridgehead atoms. The summed E-state index contributed by atoms with van der Waals surface area (Å²) in [6, 6.07) is 0.820. The molecule has 0 unspecified atom stereocenters. The Balaban J connectivity index is 1.64. The number of hydrogen-bond acceptors (Lipinski definition) is 2. The van der Waals surface area contributed by atoms with Crippen LogP contribution >= 0.6 is 0 Å². The second-order valence-corrected chi connectivity index (χ2v) is 6.97. The van der Waals surface area contributed by atoms with Crippen molar-refractivity contribution in [2.24, 2.45) is 5.92 Å². The summed E-state index contributed by atoms with van der Waals surface area (Å²) in [5, 5.41) is 0. The summed E-state index contributed by atoms with van der Waals surface area (Å²) in [5.41, 5.74) is 0. The molecule has 0 radical (unpaired) electrons. The van der Waals surface area contributed by atoms with Gasteiger partial charge in [-0.3, -0.25) is 9.59 Å². The van der Waals surface area contributed by atoms with Crippen LogP contribution in [0.1, 0.15) is 64.7 Å². The summed E-state index contributed by atoms with van der Waals surface area (Å²) >= 11 is 0. The number of carbonyl (C=O) groups is 2. The van der Waals surface area contributed by atoms with Gasteiger partial charge in [-0.1, -0.05) is 19.8 Å². The van der Waals surface area contributed by atoms with Crippen molar-refractivity contribution >= 4 is 11.8 Å². The molecule has 2 atom stereocenters. The lowest BCUT2D eigenvalue weighted by Gasteiger charge is -2.37. The molecule has 0 aromatic carbocycles. The zero-order chi connectivity index (χ0) is 14.8. The van der Waals surface area contributed by atoms with E-state index in [1.807, 2.05) is 4.90 Å². The summed E-state index contributed by atoms with van der Waals surface area (Å²) in [6.45, 7) is 3.74. The second kappa shape index (κ2) is 6.37. The molecule has 3 fully saturated rings. The highest BCUT2D eigenvalue weighted by atomic mass is 16.2. The van der Waals surface area contributed by atoms with Crippen LogP contribution in [0.3, 0.4) is 0 Å². The third kappa shape index (κ3) is 2.95. The molecule has 1 saturated carbocycles. The zero-order valence-electron chi connectivity index (χ0n) is 13.2. The molecule has 2 aliphatic heterocycles. The van der Waals surface area contributed by atoms with Crippen molar-refractivity contribution in [3.8, 4) is 0 Å². The van der Waals surface area contributed by atoms with E-state index in [2.05, 4.69) is 11.8 Å². The SMILES string of the molecule is CC[C@H]1CCCCN1C(=O)[C@H]1CC(=O)N(C2CCCC2)C1. The lowest BCUT2D eigenvalue weighted by atomic mass is 9.97. The third-order valence-electron chi connectivity index (χ3n) is 5.65. The number of piperidine rings is 1. The molecule has 4 heteroatoms. The van der Waals surface area contributed by atoms with Crippen LogP contribution in [0.5, 0.6) is 0 Å². The van der Waals surface area contributed by atoms with Crippen molar-refractivity contribution in [2.45, 2.75) is 76.8 Å². The first kappa shape index (κ1) is 14.9. The van der Waals surface area contributed by atoms with E-state index in [9.17, 15) is 9.59 Å². The molecule has 0 spiro atoms. The molecular formula is C17H28N2O2. The van der Waals surface area contributed by atoms with Crippen molar-refractivity contribution in [3.63, 3.8) is 0 Å². The number of nitrogens with zero attached hydrogens (tertiary/aromatic N) is 2. The van der Waals surface area contributed by atoms with E-state index < -0.39 is 0 Å². The number of carbonyl (C=O) groups excluding carboxylic acids is 2. The highest BCUT2D eigenvalue weighted by Gasteiger charge is 2.41. The molecule has 2 saturated heterocycles. The van der Waals surface area contributed by atoms with Crippen molar-refractivity contribution in [3.05, 3.63) is 0 Å². The average molecular weight is 292 g/mol. The molecule has 1 aliphatic carbocycles. The van der Waals surface area contributed by atoms with Gasteiger partial charge in [-0.15, -0.1) is 0 Å². The lowest BCUT2D eigenvalue weighted by Crippen LogP contribution is -2.47. The minimum Gasteiger partial charge on any atom is -0.339 e. The Morgan fingerprint density at radius 2 is 1.86 bits per heavy atom. The summed E-state index contributed by atoms with van der Waals surface area (Å²) < 4.78 is 0. The minimum atomic E-state index is -0.0785. The van der Waals surface area contributed by atoms with Gasteiger partial charge in [0.15, 0.2) is 0 Å². The predicted octanol–water partition coefficient (Wildman–Crippen LogP) is 2.57. The van der Waals surface area contributed by atoms with E-state index in [4.69, 9.17) is 0 Å². The summed E-state index contributed by atoms with van der Waals surface area (Å²) in [5.74, 6) is 0.381. The topological polar surface area (TPSA) is 40.6 Å². The number of amides is 2. The van der Waals surface area contributed by atoms with Crippen LogP contribution in [0.15, 0.2) is 0 Å². The maximum absolute atomic E-state index is 12.8. The van der Waals surface area contributed by atoms with Gasteiger partial charge in [-0.2, -0.15) is 0 Å². The molecule has 3 rings (SSSR count). The molecule has 3 aliphatic rings. The molecule has 0 aromatic rings. The van der Waals surface area contributed by atoms with E-state index in [-0.39, 0.29) is 17.7 Å². The summed E-state index contributed by atoms with van der Waals surface area (Å²) in [4.78, 5) is 29.2. The fourth-order valence-electron chi connectivity index (χ4n) is 4.42.